The lowest BCUT2D eigenvalue weighted by atomic mass is 10.1. The van der Waals surface area contributed by atoms with Gasteiger partial charge in [-0.05, 0) is 43.4 Å². The second-order valence-corrected chi connectivity index (χ2v) is 6.13. The third kappa shape index (κ3) is 8.17. The topological polar surface area (TPSA) is 35.5 Å². The van der Waals surface area contributed by atoms with E-state index in [-0.39, 0.29) is 12.1 Å². The highest BCUT2D eigenvalue weighted by molar-refractivity contribution is 5.89. The summed E-state index contributed by atoms with van der Waals surface area (Å²) in [5.41, 5.74) is 1.90. The Morgan fingerprint density at radius 1 is 1.00 bits per heavy atom. The number of ether oxygens (including phenoxy) is 2. The summed E-state index contributed by atoms with van der Waals surface area (Å²) in [4.78, 5) is 12.3. The number of aryl methyl sites for hydroxylation is 1. The van der Waals surface area contributed by atoms with E-state index >= 15 is 0 Å². The number of hydrogen-bond donors (Lipinski definition) is 0. The Labute approximate surface area is 141 Å². The molecule has 0 N–H and O–H groups in total. The molecule has 130 valence electrons. The van der Waals surface area contributed by atoms with E-state index in [2.05, 4.69) is 13.8 Å². The average molecular weight is 320 g/mol. The van der Waals surface area contributed by atoms with Crippen LogP contribution in [0.25, 0.3) is 0 Å². The summed E-state index contributed by atoms with van der Waals surface area (Å²) >= 11 is 0. The zero-order chi connectivity index (χ0) is 16.9. The SMILES string of the molecule is CCCCCCC(COC)OC(=O)c1ccc(CCCC)cc1. The summed E-state index contributed by atoms with van der Waals surface area (Å²) in [6.45, 7) is 4.84. The standard InChI is InChI=1S/C20H32O3/c1-4-6-8-9-11-19(16-22-3)23-20(21)18-14-12-17(13-15-18)10-7-5-2/h12-15,19H,4-11,16H2,1-3H3. The van der Waals surface area contributed by atoms with E-state index in [0.717, 1.165) is 19.3 Å². The Morgan fingerprint density at radius 2 is 1.70 bits per heavy atom. The van der Waals surface area contributed by atoms with E-state index in [9.17, 15) is 4.79 Å². The maximum absolute atomic E-state index is 12.3. The highest BCUT2D eigenvalue weighted by Crippen LogP contribution is 2.13. The van der Waals surface area contributed by atoms with Crippen LogP contribution in [0.2, 0.25) is 0 Å². The first-order valence-electron chi connectivity index (χ1n) is 9.00. The highest BCUT2D eigenvalue weighted by atomic mass is 16.6. The summed E-state index contributed by atoms with van der Waals surface area (Å²) in [6, 6.07) is 7.79. The van der Waals surface area contributed by atoms with Crippen molar-refractivity contribution in [1.29, 1.82) is 0 Å². The lowest BCUT2D eigenvalue weighted by Crippen LogP contribution is -2.23. The molecule has 1 aromatic rings. The molecule has 0 aliphatic heterocycles. The fraction of sp³-hybridized carbons (Fsp3) is 0.650. The van der Waals surface area contributed by atoms with Crippen LogP contribution in [-0.4, -0.2) is 25.8 Å². The second kappa shape index (κ2) is 12.1. The van der Waals surface area contributed by atoms with E-state index in [1.165, 1.54) is 37.7 Å². The normalized spacial score (nSPS) is 12.1. The van der Waals surface area contributed by atoms with Crippen molar-refractivity contribution < 1.29 is 14.3 Å². The minimum absolute atomic E-state index is 0.149. The Morgan fingerprint density at radius 3 is 2.30 bits per heavy atom. The smallest absolute Gasteiger partial charge is 0.338 e. The van der Waals surface area contributed by atoms with Gasteiger partial charge in [-0.2, -0.15) is 0 Å². The van der Waals surface area contributed by atoms with E-state index in [0.29, 0.717) is 12.2 Å². The molecule has 0 spiro atoms. The molecule has 1 unspecified atom stereocenters. The van der Waals surface area contributed by atoms with Gasteiger partial charge in [0.1, 0.15) is 6.10 Å². The summed E-state index contributed by atoms with van der Waals surface area (Å²) in [7, 11) is 1.65. The predicted molar refractivity (Wildman–Crippen MR) is 94.9 cm³/mol. The number of carbonyl (C=O) groups is 1. The Balaban J connectivity index is 2.49. The molecule has 0 radical (unpaired) electrons. The Hall–Kier alpha value is -1.35. The lowest BCUT2D eigenvalue weighted by molar-refractivity contribution is 0.00238. The van der Waals surface area contributed by atoms with Gasteiger partial charge in [0.05, 0.1) is 12.2 Å². The van der Waals surface area contributed by atoms with E-state index < -0.39 is 0 Å². The third-order valence-corrected chi connectivity index (χ3v) is 4.01. The van der Waals surface area contributed by atoms with Crippen molar-refractivity contribution in [2.24, 2.45) is 0 Å². The molecule has 0 heterocycles. The van der Waals surface area contributed by atoms with Crippen LogP contribution >= 0.6 is 0 Å². The van der Waals surface area contributed by atoms with Crippen molar-refractivity contribution in [3.05, 3.63) is 35.4 Å². The fourth-order valence-corrected chi connectivity index (χ4v) is 2.57. The molecule has 0 aromatic heterocycles. The predicted octanol–water partition coefficient (Wildman–Crippen LogP) is 5.17. The lowest BCUT2D eigenvalue weighted by Gasteiger charge is -2.17. The number of hydrogen-bond acceptors (Lipinski definition) is 3. The molecular formula is C20H32O3. The zero-order valence-electron chi connectivity index (χ0n) is 15.0. The van der Waals surface area contributed by atoms with Crippen LogP contribution < -0.4 is 0 Å². The minimum atomic E-state index is -0.246. The average Bonchev–Trinajstić information content (AvgIpc) is 2.57. The monoisotopic (exact) mass is 320 g/mol. The molecule has 1 rings (SSSR count). The van der Waals surface area contributed by atoms with Crippen LogP contribution in [0.15, 0.2) is 24.3 Å². The number of rotatable bonds is 12. The summed E-state index contributed by atoms with van der Waals surface area (Å²) in [6.07, 6.45) is 8.84. The fourth-order valence-electron chi connectivity index (χ4n) is 2.57. The Kier molecular flexibility index (Phi) is 10.4. The molecule has 0 amide bonds. The molecule has 0 bridgehead atoms. The number of unbranched alkanes of at least 4 members (excludes halogenated alkanes) is 4. The van der Waals surface area contributed by atoms with E-state index in [1.54, 1.807) is 7.11 Å². The molecule has 0 aliphatic carbocycles. The zero-order valence-corrected chi connectivity index (χ0v) is 15.0. The van der Waals surface area contributed by atoms with Crippen LogP contribution in [0.3, 0.4) is 0 Å². The second-order valence-electron chi connectivity index (χ2n) is 6.13. The number of esters is 1. The van der Waals surface area contributed by atoms with Gasteiger partial charge in [-0.25, -0.2) is 4.79 Å². The first-order valence-corrected chi connectivity index (χ1v) is 9.00. The molecule has 1 atom stereocenters. The van der Waals surface area contributed by atoms with Crippen LogP contribution in [0.4, 0.5) is 0 Å². The van der Waals surface area contributed by atoms with Crippen molar-refractivity contribution in [3.63, 3.8) is 0 Å². The van der Waals surface area contributed by atoms with Crippen molar-refractivity contribution in [1.82, 2.24) is 0 Å². The molecule has 0 fully saturated rings. The minimum Gasteiger partial charge on any atom is -0.456 e. The van der Waals surface area contributed by atoms with Crippen LogP contribution in [-0.2, 0) is 15.9 Å². The number of methoxy groups -OCH3 is 1. The van der Waals surface area contributed by atoms with Crippen molar-refractivity contribution in [2.45, 2.75) is 71.3 Å². The first kappa shape index (κ1) is 19.7. The van der Waals surface area contributed by atoms with Gasteiger partial charge < -0.3 is 9.47 Å². The molecular weight excluding hydrogens is 288 g/mol. The van der Waals surface area contributed by atoms with Gasteiger partial charge in [-0.15, -0.1) is 0 Å². The van der Waals surface area contributed by atoms with E-state index in [1.807, 2.05) is 24.3 Å². The van der Waals surface area contributed by atoms with Crippen molar-refractivity contribution >= 4 is 5.97 Å². The number of carbonyl (C=O) groups excluding carboxylic acids is 1. The highest BCUT2D eigenvalue weighted by Gasteiger charge is 2.15. The molecule has 0 saturated carbocycles. The first-order chi connectivity index (χ1) is 11.2. The molecule has 0 aliphatic rings. The van der Waals surface area contributed by atoms with Crippen LogP contribution in [0.5, 0.6) is 0 Å². The van der Waals surface area contributed by atoms with Gasteiger partial charge in [-0.1, -0.05) is 51.7 Å². The summed E-state index contributed by atoms with van der Waals surface area (Å²) in [5.74, 6) is -0.246. The van der Waals surface area contributed by atoms with Crippen molar-refractivity contribution in [3.8, 4) is 0 Å². The molecule has 0 saturated heterocycles. The molecule has 3 nitrogen and oxygen atoms in total. The van der Waals surface area contributed by atoms with Gasteiger partial charge in [0.15, 0.2) is 0 Å². The maximum Gasteiger partial charge on any atom is 0.338 e. The quantitative estimate of drug-likeness (QED) is 0.393. The van der Waals surface area contributed by atoms with Crippen LogP contribution in [0, 0.1) is 0 Å². The van der Waals surface area contributed by atoms with Gasteiger partial charge in [-0.3, -0.25) is 0 Å². The van der Waals surface area contributed by atoms with Gasteiger partial charge in [0.2, 0.25) is 0 Å². The molecule has 23 heavy (non-hydrogen) atoms. The number of benzene rings is 1. The van der Waals surface area contributed by atoms with E-state index in [4.69, 9.17) is 9.47 Å². The maximum atomic E-state index is 12.3. The molecule has 1 aromatic carbocycles. The van der Waals surface area contributed by atoms with Gasteiger partial charge in [0, 0.05) is 7.11 Å². The molecule has 3 heteroatoms. The van der Waals surface area contributed by atoms with Gasteiger partial charge in [0.25, 0.3) is 0 Å². The van der Waals surface area contributed by atoms with Crippen molar-refractivity contribution in [2.75, 3.05) is 13.7 Å². The summed E-state index contributed by atoms with van der Waals surface area (Å²) in [5, 5.41) is 0. The third-order valence-electron chi connectivity index (χ3n) is 4.01. The Bertz CT molecular complexity index is 425. The largest absolute Gasteiger partial charge is 0.456 e. The van der Waals surface area contributed by atoms with Crippen LogP contribution in [0.1, 0.15) is 74.7 Å². The van der Waals surface area contributed by atoms with Gasteiger partial charge >= 0.3 is 5.97 Å². The summed E-state index contributed by atoms with van der Waals surface area (Å²) < 4.78 is 10.8.